The maximum atomic E-state index is 6.28. The van der Waals surface area contributed by atoms with Crippen LogP contribution in [0, 0.1) is 5.92 Å². The number of rotatable bonds is 4. The van der Waals surface area contributed by atoms with E-state index in [4.69, 9.17) is 19.4 Å². The van der Waals surface area contributed by atoms with Gasteiger partial charge in [-0.25, -0.2) is 15.0 Å². The molecule has 0 aliphatic heterocycles. The summed E-state index contributed by atoms with van der Waals surface area (Å²) in [5.41, 5.74) is 6.12. The highest BCUT2D eigenvalue weighted by Gasteiger charge is 2.22. The van der Waals surface area contributed by atoms with Crippen LogP contribution in [0.3, 0.4) is 0 Å². The Kier molecular flexibility index (Phi) is 5.78. The molecule has 0 fully saturated rings. The molecule has 1 aliphatic rings. The summed E-state index contributed by atoms with van der Waals surface area (Å²) in [5.74, 6) is 2.54. The lowest BCUT2D eigenvalue weighted by Crippen LogP contribution is -2.11. The molecule has 0 saturated heterocycles. The molecule has 2 atom stereocenters. The van der Waals surface area contributed by atoms with Gasteiger partial charge < -0.3 is 4.42 Å². The van der Waals surface area contributed by atoms with Crippen molar-refractivity contribution < 1.29 is 4.42 Å². The van der Waals surface area contributed by atoms with Gasteiger partial charge in [-0.15, -0.1) is 0 Å². The summed E-state index contributed by atoms with van der Waals surface area (Å²) in [6.45, 7) is 2.26. The molecule has 0 amide bonds. The average Bonchev–Trinajstić information content (AvgIpc) is 3.44. The summed E-state index contributed by atoms with van der Waals surface area (Å²) in [5, 5.41) is 4.64. The van der Waals surface area contributed by atoms with Gasteiger partial charge >= 0.3 is 0 Å². The van der Waals surface area contributed by atoms with Crippen LogP contribution in [-0.4, -0.2) is 15.0 Å². The maximum Gasteiger partial charge on any atom is 0.164 e. The van der Waals surface area contributed by atoms with Gasteiger partial charge in [0.25, 0.3) is 0 Å². The number of allylic oxidation sites excluding steroid dienone is 4. The quantitative estimate of drug-likeness (QED) is 0.223. The van der Waals surface area contributed by atoms with E-state index in [-0.39, 0.29) is 11.8 Å². The molecular weight excluding hydrogens is 514 g/mol. The van der Waals surface area contributed by atoms with Gasteiger partial charge in [0.2, 0.25) is 0 Å². The fraction of sp³-hybridized carbons (Fsp3) is 0.0789. The second-order valence-electron chi connectivity index (χ2n) is 10.9. The van der Waals surface area contributed by atoms with Gasteiger partial charge in [-0.1, -0.05) is 128 Å². The number of benzene rings is 5. The number of fused-ring (bicyclic) bond motifs is 5. The minimum absolute atomic E-state index is 0.244. The maximum absolute atomic E-state index is 6.28. The average molecular weight is 542 g/mol. The fourth-order valence-corrected chi connectivity index (χ4v) is 6.06. The third kappa shape index (κ3) is 4.20. The largest absolute Gasteiger partial charge is 0.455 e. The first-order valence-corrected chi connectivity index (χ1v) is 14.3. The van der Waals surface area contributed by atoms with Crippen molar-refractivity contribution in [2.45, 2.75) is 12.8 Å². The van der Waals surface area contributed by atoms with E-state index in [1.54, 1.807) is 0 Å². The number of hydrogen-bond donors (Lipinski definition) is 0. The molecule has 1 aliphatic carbocycles. The highest BCUT2D eigenvalue weighted by molar-refractivity contribution is 6.15. The molecule has 5 aromatic carbocycles. The Morgan fingerprint density at radius 3 is 1.95 bits per heavy atom. The van der Waals surface area contributed by atoms with Crippen LogP contribution in [-0.2, 0) is 0 Å². The molecule has 4 nitrogen and oxygen atoms in total. The molecule has 0 N–H and O–H groups in total. The summed E-state index contributed by atoms with van der Waals surface area (Å²) in [4.78, 5) is 14.7. The summed E-state index contributed by atoms with van der Waals surface area (Å²) in [6.07, 6.45) is 6.74. The fourth-order valence-electron chi connectivity index (χ4n) is 6.06. The predicted molar refractivity (Wildman–Crippen MR) is 171 cm³/mol. The molecule has 2 heterocycles. The first-order valence-electron chi connectivity index (χ1n) is 14.3. The highest BCUT2D eigenvalue weighted by atomic mass is 16.3. The topological polar surface area (TPSA) is 51.8 Å². The van der Waals surface area contributed by atoms with E-state index < -0.39 is 0 Å². The van der Waals surface area contributed by atoms with Gasteiger partial charge in [0.15, 0.2) is 17.5 Å². The van der Waals surface area contributed by atoms with Gasteiger partial charge in [0, 0.05) is 38.8 Å². The Morgan fingerprint density at radius 2 is 1.24 bits per heavy atom. The smallest absolute Gasteiger partial charge is 0.164 e. The van der Waals surface area contributed by atoms with Crippen LogP contribution in [0.1, 0.15) is 24.2 Å². The molecule has 200 valence electrons. The number of hydrogen-bond acceptors (Lipinski definition) is 4. The van der Waals surface area contributed by atoms with E-state index >= 15 is 0 Å². The second-order valence-corrected chi connectivity index (χ2v) is 10.9. The van der Waals surface area contributed by atoms with E-state index in [1.165, 1.54) is 10.9 Å². The molecule has 0 spiro atoms. The first kappa shape index (κ1) is 24.4. The molecule has 2 unspecified atom stereocenters. The van der Waals surface area contributed by atoms with Crippen LogP contribution in [0.15, 0.2) is 138 Å². The normalized spacial score (nSPS) is 16.7. The molecule has 7 aromatic rings. The third-order valence-corrected chi connectivity index (χ3v) is 8.22. The Hall–Kier alpha value is -5.35. The molecular formula is C38H27N3O. The SMILES string of the molecule is CC1C=C(c2nc(-c3ccccc3)nc(-c3ccccc3)n2)C=CC1c1ccc2c(ccc3c4ccccc4oc23)c1. The summed E-state index contributed by atoms with van der Waals surface area (Å²) < 4.78 is 6.28. The Bertz CT molecular complexity index is 2100. The van der Waals surface area contributed by atoms with Crippen molar-refractivity contribution in [3.8, 4) is 22.8 Å². The van der Waals surface area contributed by atoms with Crippen molar-refractivity contribution in [3.63, 3.8) is 0 Å². The number of aromatic nitrogens is 3. The van der Waals surface area contributed by atoms with Crippen LogP contribution in [0.4, 0.5) is 0 Å². The minimum Gasteiger partial charge on any atom is -0.455 e. The van der Waals surface area contributed by atoms with E-state index in [1.807, 2.05) is 72.8 Å². The van der Waals surface area contributed by atoms with Crippen molar-refractivity contribution >= 4 is 38.3 Å². The van der Waals surface area contributed by atoms with Gasteiger partial charge in [0.1, 0.15) is 11.2 Å². The Labute approximate surface area is 243 Å². The Balaban J connectivity index is 1.15. The second kappa shape index (κ2) is 9.93. The lowest BCUT2D eigenvalue weighted by molar-refractivity contribution is 0.637. The lowest BCUT2D eigenvalue weighted by Gasteiger charge is -2.24. The monoisotopic (exact) mass is 541 g/mol. The lowest BCUT2D eigenvalue weighted by atomic mass is 9.81. The molecule has 0 radical (unpaired) electrons. The zero-order valence-electron chi connectivity index (χ0n) is 23.1. The van der Waals surface area contributed by atoms with Crippen LogP contribution >= 0.6 is 0 Å². The van der Waals surface area contributed by atoms with E-state index in [9.17, 15) is 0 Å². The minimum atomic E-state index is 0.244. The van der Waals surface area contributed by atoms with E-state index in [0.29, 0.717) is 17.5 Å². The molecule has 42 heavy (non-hydrogen) atoms. The van der Waals surface area contributed by atoms with Crippen molar-refractivity contribution in [2.75, 3.05) is 0 Å². The van der Waals surface area contributed by atoms with Gasteiger partial charge in [-0.3, -0.25) is 0 Å². The number of para-hydroxylation sites is 1. The van der Waals surface area contributed by atoms with Crippen molar-refractivity contribution in [1.82, 2.24) is 15.0 Å². The third-order valence-electron chi connectivity index (χ3n) is 8.22. The van der Waals surface area contributed by atoms with Gasteiger partial charge in [-0.2, -0.15) is 0 Å². The van der Waals surface area contributed by atoms with Crippen LogP contribution in [0.2, 0.25) is 0 Å². The summed E-state index contributed by atoms with van der Waals surface area (Å²) in [7, 11) is 0. The van der Waals surface area contributed by atoms with E-state index in [2.05, 4.69) is 67.6 Å². The standard InChI is InChI=1S/C38H27N3O/c1-24-22-29(38-40-36(25-10-4-2-5-11-25)39-37(41-38)26-12-6-3-7-13-26)18-19-30(24)27-16-20-31-28(23-27)17-21-33-32-14-8-9-15-34(32)42-35(31)33/h2-24,30H,1H3. The van der Waals surface area contributed by atoms with Gasteiger partial charge in [0.05, 0.1) is 0 Å². The van der Waals surface area contributed by atoms with Crippen LogP contribution < -0.4 is 0 Å². The van der Waals surface area contributed by atoms with Crippen molar-refractivity contribution in [3.05, 3.63) is 145 Å². The van der Waals surface area contributed by atoms with Crippen molar-refractivity contribution in [2.24, 2.45) is 5.92 Å². The molecule has 0 saturated carbocycles. The molecule has 2 aromatic heterocycles. The zero-order valence-corrected chi connectivity index (χ0v) is 23.1. The van der Waals surface area contributed by atoms with E-state index in [0.717, 1.165) is 44.0 Å². The molecule has 4 heteroatoms. The predicted octanol–water partition coefficient (Wildman–Crippen LogP) is 9.63. The first-order chi connectivity index (χ1) is 20.7. The number of furan rings is 1. The molecule has 8 rings (SSSR count). The van der Waals surface area contributed by atoms with Crippen molar-refractivity contribution in [1.29, 1.82) is 0 Å². The van der Waals surface area contributed by atoms with Crippen LogP contribution in [0.5, 0.6) is 0 Å². The highest BCUT2D eigenvalue weighted by Crippen LogP contribution is 2.38. The van der Waals surface area contributed by atoms with Gasteiger partial charge in [-0.05, 0) is 29.0 Å². The number of nitrogens with zero attached hydrogens (tertiary/aromatic N) is 3. The summed E-state index contributed by atoms with van der Waals surface area (Å²) >= 11 is 0. The van der Waals surface area contributed by atoms with Crippen LogP contribution in [0.25, 0.3) is 61.1 Å². The zero-order chi connectivity index (χ0) is 28.0. The molecule has 0 bridgehead atoms. The Morgan fingerprint density at radius 1 is 0.595 bits per heavy atom. The summed E-state index contributed by atoms with van der Waals surface area (Å²) in [6, 6.07) is 39.6.